The van der Waals surface area contributed by atoms with Gasteiger partial charge in [0, 0.05) is 32.3 Å². The van der Waals surface area contributed by atoms with Crippen LogP contribution in [0.15, 0.2) is 0 Å². The van der Waals surface area contributed by atoms with Gasteiger partial charge in [-0.25, -0.2) is 0 Å². The molecule has 74 valence electrons. The average molecular weight is 174 g/mol. The molecule has 0 bridgehead atoms. The van der Waals surface area contributed by atoms with E-state index in [1.54, 1.807) is 7.11 Å². The number of nitrogens with two attached hydrogens (primary N) is 1. The number of ether oxygens (including phenoxy) is 1. The van der Waals surface area contributed by atoms with Gasteiger partial charge in [0.2, 0.25) is 0 Å². The molecule has 0 aliphatic rings. The molecule has 1 unspecified atom stereocenters. The molecule has 0 spiro atoms. The van der Waals surface area contributed by atoms with Gasteiger partial charge in [-0.15, -0.1) is 0 Å². The van der Waals surface area contributed by atoms with Crippen molar-refractivity contribution in [3.8, 4) is 0 Å². The second-order valence-electron chi connectivity index (χ2n) is 3.46. The standard InChI is InChI=1S/C9H22N2O/c1-8(2)11-7-9(10)5-4-6-12-3/h8-9,11H,4-7,10H2,1-3H3. The molecule has 0 amide bonds. The number of methoxy groups -OCH3 is 1. The Morgan fingerprint density at radius 2 is 2.08 bits per heavy atom. The van der Waals surface area contributed by atoms with Gasteiger partial charge in [-0.1, -0.05) is 13.8 Å². The second-order valence-corrected chi connectivity index (χ2v) is 3.46. The van der Waals surface area contributed by atoms with Gasteiger partial charge in [0.15, 0.2) is 0 Å². The van der Waals surface area contributed by atoms with Gasteiger partial charge in [-0.05, 0) is 12.8 Å². The van der Waals surface area contributed by atoms with E-state index in [4.69, 9.17) is 10.5 Å². The molecular weight excluding hydrogens is 152 g/mol. The van der Waals surface area contributed by atoms with Crippen molar-refractivity contribution in [1.29, 1.82) is 0 Å². The van der Waals surface area contributed by atoms with E-state index in [2.05, 4.69) is 19.2 Å². The van der Waals surface area contributed by atoms with Crippen molar-refractivity contribution in [2.24, 2.45) is 5.73 Å². The zero-order valence-electron chi connectivity index (χ0n) is 8.47. The summed E-state index contributed by atoms with van der Waals surface area (Å²) in [6.07, 6.45) is 2.09. The molecule has 0 heterocycles. The molecule has 1 atom stereocenters. The Labute approximate surface area is 75.7 Å². The summed E-state index contributed by atoms with van der Waals surface area (Å²) in [4.78, 5) is 0. The van der Waals surface area contributed by atoms with E-state index in [9.17, 15) is 0 Å². The van der Waals surface area contributed by atoms with Crippen molar-refractivity contribution in [3.63, 3.8) is 0 Å². The minimum absolute atomic E-state index is 0.266. The minimum Gasteiger partial charge on any atom is -0.385 e. The minimum atomic E-state index is 0.266. The fraction of sp³-hybridized carbons (Fsp3) is 1.00. The molecule has 3 heteroatoms. The van der Waals surface area contributed by atoms with Crippen molar-refractivity contribution in [2.75, 3.05) is 20.3 Å². The normalized spacial score (nSPS) is 13.8. The molecule has 0 aromatic rings. The Kier molecular flexibility index (Phi) is 7.45. The molecular formula is C9H22N2O. The molecule has 0 fully saturated rings. The van der Waals surface area contributed by atoms with Crippen LogP contribution in [0, 0.1) is 0 Å². The van der Waals surface area contributed by atoms with Crippen molar-refractivity contribution in [2.45, 2.75) is 38.8 Å². The Hall–Kier alpha value is -0.120. The van der Waals surface area contributed by atoms with Crippen molar-refractivity contribution in [3.05, 3.63) is 0 Å². The summed E-state index contributed by atoms with van der Waals surface area (Å²) in [7, 11) is 1.72. The van der Waals surface area contributed by atoms with E-state index in [0.717, 1.165) is 26.0 Å². The average Bonchev–Trinajstić information content (AvgIpc) is 2.01. The van der Waals surface area contributed by atoms with Crippen LogP contribution in [0.1, 0.15) is 26.7 Å². The third-order valence-electron chi connectivity index (χ3n) is 1.71. The van der Waals surface area contributed by atoms with Gasteiger partial charge in [-0.2, -0.15) is 0 Å². The Morgan fingerprint density at radius 1 is 1.42 bits per heavy atom. The summed E-state index contributed by atoms with van der Waals surface area (Å²) in [5, 5.41) is 3.31. The van der Waals surface area contributed by atoms with Crippen LogP contribution in [-0.4, -0.2) is 32.3 Å². The molecule has 3 nitrogen and oxygen atoms in total. The highest BCUT2D eigenvalue weighted by Gasteiger charge is 2.02. The molecule has 0 saturated heterocycles. The van der Waals surface area contributed by atoms with Crippen LogP contribution >= 0.6 is 0 Å². The molecule has 0 aromatic carbocycles. The molecule has 0 rings (SSSR count). The van der Waals surface area contributed by atoms with Crippen LogP contribution in [0.5, 0.6) is 0 Å². The first-order chi connectivity index (χ1) is 5.66. The van der Waals surface area contributed by atoms with Crippen molar-refractivity contribution < 1.29 is 4.74 Å². The monoisotopic (exact) mass is 174 g/mol. The fourth-order valence-electron chi connectivity index (χ4n) is 0.979. The highest BCUT2D eigenvalue weighted by molar-refractivity contribution is 4.65. The van der Waals surface area contributed by atoms with Gasteiger partial charge < -0.3 is 15.8 Å². The fourth-order valence-corrected chi connectivity index (χ4v) is 0.979. The number of hydrogen-bond acceptors (Lipinski definition) is 3. The van der Waals surface area contributed by atoms with E-state index in [1.807, 2.05) is 0 Å². The lowest BCUT2D eigenvalue weighted by molar-refractivity contribution is 0.190. The van der Waals surface area contributed by atoms with Crippen LogP contribution < -0.4 is 11.1 Å². The van der Waals surface area contributed by atoms with E-state index in [0.29, 0.717) is 6.04 Å². The molecule has 12 heavy (non-hydrogen) atoms. The lowest BCUT2D eigenvalue weighted by Crippen LogP contribution is -2.37. The maximum atomic E-state index is 5.84. The van der Waals surface area contributed by atoms with E-state index < -0.39 is 0 Å². The quantitative estimate of drug-likeness (QED) is 0.560. The molecule has 0 aromatic heterocycles. The zero-order chi connectivity index (χ0) is 9.40. The third kappa shape index (κ3) is 7.98. The van der Waals surface area contributed by atoms with E-state index >= 15 is 0 Å². The Bertz CT molecular complexity index is 96.5. The summed E-state index contributed by atoms with van der Waals surface area (Å²) in [5.41, 5.74) is 5.84. The van der Waals surface area contributed by atoms with Crippen molar-refractivity contribution >= 4 is 0 Å². The zero-order valence-corrected chi connectivity index (χ0v) is 8.47. The maximum absolute atomic E-state index is 5.84. The van der Waals surface area contributed by atoms with E-state index in [1.165, 1.54) is 0 Å². The first-order valence-electron chi connectivity index (χ1n) is 4.64. The predicted octanol–water partition coefficient (Wildman–Crippen LogP) is 0.738. The van der Waals surface area contributed by atoms with Gasteiger partial charge in [0.25, 0.3) is 0 Å². The summed E-state index contributed by atoms with van der Waals surface area (Å²) in [6.45, 7) is 5.97. The first kappa shape index (κ1) is 11.9. The Balaban J connectivity index is 3.15. The van der Waals surface area contributed by atoms with Gasteiger partial charge in [-0.3, -0.25) is 0 Å². The SMILES string of the molecule is COCCCC(N)CNC(C)C. The highest BCUT2D eigenvalue weighted by Crippen LogP contribution is 1.93. The Morgan fingerprint density at radius 3 is 2.58 bits per heavy atom. The van der Waals surface area contributed by atoms with Gasteiger partial charge in [0.1, 0.15) is 0 Å². The molecule has 0 saturated carbocycles. The summed E-state index contributed by atoms with van der Waals surface area (Å²) < 4.78 is 4.94. The first-order valence-corrected chi connectivity index (χ1v) is 4.64. The lowest BCUT2D eigenvalue weighted by Gasteiger charge is -2.14. The largest absolute Gasteiger partial charge is 0.385 e. The number of nitrogens with one attached hydrogen (secondary N) is 1. The van der Waals surface area contributed by atoms with Crippen molar-refractivity contribution in [1.82, 2.24) is 5.32 Å². The van der Waals surface area contributed by atoms with Crippen LogP contribution in [0.4, 0.5) is 0 Å². The summed E-state index contributed by atoms with van der Waals surface area (Å²) >= 11 is 0. The van der Waals surface area contributed by atoms with Crippen LogP contribution in [0.25, 0.3) is 0 Å². The van der Waals surface area contributed by atoms with Gasteiger partial charge in [0.05, 0.1) is 0 Å². The van der Waals surface area contributed by atoms with Crippen LogP contribution in [-0.2, 0) is 4.74 Å². The second kappa shape index (κ2) is 7.53. The summed E-state index contributed by atoms with van der Waals surface area (Å²) in [5.74, 6) is 0. The lowest BCUT2D eigenvalue weighted by atomic mass is 10.1. The number of hydrogen-bond donors (Lipinski definition) is 2. The topological polar surface area (TPSA) is 47.3 Å². The van der Waals surface area contributed by atoms with E-state index in [-0.39, 0.29) is 6.04 Å². The predicted molar refractivity (Wildman–Crippen MR) is 52.2 cm³/mol. The van der Waals surface area contributed by atoms with Crippen LogP contribution in [0.2, 0.25) is 0 Å². The van der Waals surface area contributed by atoms with Crippen LogP contribution in [0.3, 0.4) is 0 Å². The smallest absolute Gasteiger partial charge is 0.0462 e. The third-order valence-corrected chi connectivity index (χ3v) is 1.71. The molecule has 3 N–H and O–H groups in total. The van der Waals surface area contributed by atoms with Gasteiger partial charge >= 0.3 is 0 Å². The molecule has 0 aliphatic heterocycles. The molecule has 0 aliphatic carbocycles. The highest BCUT2D eigenvalue weighted by atomic mass is 16.5. The summed E-state index contributed by atoms with van der Waals surface area (Å²) in [6, 6.07) is 0.793. The number of rotatable bonds is 7. The molecule has 0 radical (unpaired) electrons. The maximum Gasteiger partial charge on any atom is 0.0462 e.